The molecule has 1 aliphatic rings. The molecule has 166 valence electrons. The van der Waals surface area contributed by atoms with Crippen molar-refractivity contribution in [3.05, 3.63) is 60.3 Å². The highest BCUT2D eigenvalue weighted by atomic mass is 16.3. The number of carbonyl (C=O) groups is 3. The predicted molar refractivity (Wildman–Crippen MR) is 122 cm³/mol. The molecule has 3 aromatic rings. The fourth-order valence-corrected chi connectivity index (χ4v) is 3.91. The van der Waals surface area contributed by atoms with Crippen LogP contribution in [0, 0.1) is 0 Å². The lowest BCUT2D eigenvalue weighted by molar-refractivity contribution is -0.136. The van der Waals surface area contributed by atoms with Crippen molar-refractivity contribution in [2.45, 2.75) is 25.4 Å². The molecule has 3 amide bonds. The van der Waals surface area contributed by atoms with Crippen LogP contribution in [0.15, 0.2) is 54.7 Å². The minimum Gasteiger partial charge on any atom is -0.387 e. The molecule has 4 rings (SSSR count). The van der Waals surface area contributed by atoms with Gasteiger partial charge in [-0.1, -0.05) is 12.1 Å². The second-order valence-corrected chi connectivity index (χ2v) is 7.98. The van der Waals surface area contributed by atoms with E-state index in [1.165, 1.54) is 0 Å². The van der Waals surface area contributed by atoms with E-state index in [1.54, 1.807) is 35.2 Å². The van der Waals surface area contributed by atoms with Gasteiger partial charge in [0.15, 0.2) is 0 Å². The monoisotopic (exact) mass is 434 g/mol. The van der Waals surface area contributed by atoms with Crippen LogP contribution in [-0.2, 0) is 21.4 Å². The second kappa shape index (κ2) is 9.23. The number of piperidine rings is 1. The number of rotatable bonds is 5. The molecule has 8 nitrogen and oxygen atoms in total. The Morgan fingerprint density at radius 2 is 1.94 bits per heavy atom. The molecule has 0 aliphatic carbocycles. The van der Waals surface area contributed by atoms with E-state index in [0.717, 1.165) is 23.7 Å². The molecule has 1 unspecified atom stereocenters. The summed E-state index contributed by atoms with van der Waals surface area (Å²) in [6.45, 7) is 0.552. The number of carbonyl (C=O) groups excluding carboxylic acids is 3. The van der Waals surface area contributed by atoms with Crippen molar-refractivity contribution >= 4 is 40.0 Å². The Hall–Kier alpha value is -3.65. The number of hydrogen-bond acceptors (Lipinski definition) is 4. The van der Waals surface area contributed by atoms with Gasteiger partial charge in [0, 0.05) is 49.6 Å². The van der Waals surface area contributed by atoms with Crippen molar-refractivity contribution in [3.8, 4) is 0 Å². The highest BCUT2D eigenvalue weighted by Crippen LogP contribution is 2.24. The average molecular weight is 434 g/mol. The van der Waals surface area contributed by atoms with Gasteiger partial charge in [-0.05, 0) is 60.2 Å². The number of amides is 3. The van der Waals surface area contributed by atoms with Crippen LogP contribution in [0.1, 0.15) is 30.9 Å². The smallest absolute Gasteiger partial charge is 0.313 e. The fraction of sp³-hybridized carbons (Fsp3) is 0.292. The zero-order valence-corrected chi connectivity index (χ0v) is 17.9. The highest BCUT2D eigenvalue weighted by Gasteiger charge is 2.21. The zero-order valence-electron chi connectivity index (χ0n) is 17.9. The van der Waals surface area contributed by atoms with Crippen molar-refractivity contribution in [2.75, 3.05) is 23.3 Å². The van der Waals surface area contributed by atoms with Crippen molar-refractivity contribution in [1.29, 1.82) is 0 Å². The molecule has 32 heavy (non-hydrogen) atoms. The number of anilines is 2. The topological polar surface area (TPSA) is 104 Å². The molecule has 2 heterocycles. The molecule has 1 aromatic heterocycles. The summed E-state index contributed by atoms with van der Waals surface area (Å²) in [5, 5.41) is 16.4. The molecule has 1 fully saturated rings. The van der Waals surface area contributed by atoms with E-state index in [4.69, 9.17) is 0 Å². The van der Waals surface area contributed by atoms with Gasteiger partial charge in [-0.15, -0.1) is 0 Å². The summed E-state index contributed by atoms with van der Waals surface area (Å²) in [6.07, 6.45) is 3.33. The summed E-state index contributed by atoms with van der Waals surface area (Å²) in [6, 6.07) is 14.4. The van der Waals surface area contributed by atoms with Gasteiger partial charge >= 0.3 is 11.8 Å². The molecule has 1 saturated heterocycles. The van der Waals surface area contributed by atoms with Crippen LogP contribution < -0.4 is 15.5 Å². The summed E-state index contributed by atoms with van der Waals surface area (Å²) in [4.78, 5) is 38.4. The van der Waals surface area contributed by atoms with Crippen LogP contribution in [0.2, 0.25) is 0 Å². The third-order valence-corrected chi connectivity index (χ3v) is 5.70. The van der Waals surface area contributed by atoms with Crippen molar-refractivity contribution in [3.63, 3.8) is 0 Å². The minimum absolute atomic E-state index is 0.0557. The number of fused-ring (bicyclic) bond motifs is 1. The van der Waals surface area contributed by atoms with Crippen molar-refractivity contribution < 1.29 is 19.5 Å². The molecule has 3 N–H and O–H groups in total. The number of aryl methyl sites for hydroxylation is 1. The van der Waals surface area contributed by atoms with Crippen LogP contribution in [0.3, 0.4) is 0 Å². The lowest BCUT2D eigenvalue weighted by atomic mass is 10.1. The SMILES string of the molecule is Cn1ccc2cc(C(O)CNC(=O)C(=O)Nc3cccc(N4CCCCC4=O)c3)ccc21. The van der Waals surface area contributed by atoms with Gasteiger partial charge in [0.2, 0.25) is 5.91 Å². The average Bonchev–Trinajstić information content (AvgIpc) is 3.17. The fourth-order valence-electron chi connectivity index (χ4n) is 3.91. The summed E-state index contributed by atoms with van der Waals surface area (Å²) in [5.41, 5.74) is 2.82. The Kier molecular flexibility index (Phi) is 6.23. The van der Waals surface area contributed by atoms with Gasteiger partial charge in [-0.3, -0.25) is 14.4 Å². The maximum absolute atomic E-state index is 12.3. The zero-order chi connectivity index (χ0) is 22.7. The van der Waals surface area contributed by atoms with Gasteiger partial charge in [0.25, 0.3) is 0 Å². The Morgan fingerprint density at radius 1 is 1.09 bits per heavy atom. The van der Waals surface area contributed by atoms with E-state index in [2.05, 4.69) is 10.6 Å². The summed E-state index contributed by atoms with van der Waals surface area (Å²) < 4.78 is 1.98. The lowest BCUT2D eigenvalue weighted by Gasteiger charge is -2.27. The predicted octanol–water partition coefficient (Wildman–Crippen LogP) is 2.48. The van der Waals surface area contributed by atoms with E-state index >= 15 is 0 Å². The molecule has 0 bridgehead atoms. The first-order valence-corrected chi connectivity index (χ1v) is 10.6. The number of nitrogens with zero attached hydrogens (tertiary/aromatic N) is 2. The summed E-state index contributed by atoms with van der Waals surface area (Å²) in [7, 11) is 1.94. The number of nitrogens with one attached hydrogen (secondary N) is 2. The standard InChI is InChI=1S/C24H26N4O4/c1-27-12-10-16-13-17(8-9-20(16)27)21(29)15-25-23(31)24(32)26-18-5-4-6-19(14-18)28-11-3-2-7-22(28)30/h4-6,8-10,12-14,21,29H,2-3,7,11,15H2,1H3,(H,25,31)(H,26,32). The lowest BCUT2D eigenvalue weighted by Crippen LogP contribution is -2.38. The van der Waals surface area contributed by atoms with Crippen molar-refractivity contribution in [1.82, 2.24) is 9.88 Å². The van der Waals surface area contributed by atoms with Gasteiger partial charge < -0.3 is 25.2 Å². The summed E-state index contributed by atoms with van der Waals surface area (Å²) >= 11 is 0. The number of benzene rings is 2. The van der Waals surface area contributed by atoms with Gasteiger partial charge in [-0.25, -0.2) is 0 Å². The second-order valence-electron chi connectivity index (χ2n) is 7.98. The first-order valence-electron chi connectivity index (χ1n) is 10.6. The Balaban J connectivity index is 1.34. The number of aromatic nitrogens is 1. The first kappa shape index (κ1) is 21.6. The number of hydrogen-bond donors (Lipinski definition) is 3. The summed E-state index contributed by atoms with van der Waals surface area (Å²) in [5.74, 6) is -1.62. The van der Waals surface area contributed by atoms with E-state index in [9.17, 15) is 19.5 Å². The quantitative estimate of drug-likeness (QED) is 0.537. The third-order valence-electron chi connectivity index (χ3n) is 5.70. The van der Waals surface area contributed by atoms with Crippen LogP contribution in [0.4, 0.5) is 11.4 Å². The van der Waals surface area contributed by atoms with E-state index in [1.807, 2.05) is 36.0 Å². The van der Waals surface area contributed by atoms with Gasteiger partial charge in [0.1, 0.15) is 0 Å². The minimum atomic E-state index is -0.940. The maximum atomic E-state index is 12.3. The molecule has 1 atom stereocenters. The largest absolute Gasteiger partial charge is 0.387 e. The molecular formula is C24H26N4O4. The Labute approximate surface area is 185 Å². The van der Waals surface area contributed by atoms with Crippen LogP contribution in [0.25, 0.3) is 10.9 Å². The Bertz CT molecular complexity index is 1170. The van der Waals surface area contributed by atoms with Crippen LogP contribution in [0.5, 0.6) is 0 Å². The molecule has 0 saturated carbocycles. The molecule has 1 aliphatic heterocycles. The highest BCUT2D eigenvalue weighted by molar-refractivity contribution is 6.39. The molecule has 0 spiro atoms. The first-order chi connectivity index (χ1) is 15.4. The molecule has 2 aromatic carbocycles. The van der Waals surface area contributed by atoms with E-state index in [-0.39, 0.29) is 12.5 Å². The van der Waals surface area contributed by atoms with Crippen LogP contribution >= 0.6 is 0 Å². The molecule has 8 heteroatoms. The normalized spacial score (nSPS) is 14.9. The maximum Gasteiger partial charge on any atom is 0.313 e. The van der Waals surface area contributed by atoms with E-state index < -0.39 is 17.9 Å². The molecule has 0 radical (unpaired) electrons. The van der Waals surface area contributed by atoms with E-state index in [0.29, 0.717) is 29.9 Å². The van der Waals surface area contributed by atoms with Gasteiger partial charge in [0.05, 0.1) is 6.10 Å². The Morgan fingerprint density at radius 3 is 2.75 bits per heavy atom. The van der Waals surface area contributed by atoms with Crippen LogP contribution in [-0.4, -0.2) is 40.5 Å². The van der Waals surface area contributed by atoms with Gasteiger partial charge in [-0.2, -0.15) is 0 Å². The number of aliphatic hydroxyl groups is 1. The molecular weight excluding hydrogens is 408 g/mol. The van der Waals surface area contributed by atoms with Crippen molar-refractivity contribution in [2.24, 2.45) is 7.05 Å². The number of aliphatic hydroxyl groups excluding tert-OH is 1. The third kappa shape index (κ3) is 4.65.